The first-order chi connectivity index (χ1) is 52.0. The van der Waals surface area contributed by atoms with Crippen molar-refractivity contribution < 1.29 is 0 Å². The highest BCUT2D eigenvalue weighted by Crippen LogP contribution is 2.65. The SMILES string of the molecule is c1ccc(N(c2ccccc2)c2ccc3c(c2)-c2cc(-c4ccc(N(c5ccc6ccccc6c5)c5ccc6ccccc6c5)cc4)ccc2C32c3ccc(-c4ccc(N(c5ccc6ccccc6c5)c5ccc6ccccc6c5)cc4)cc3-c3cc(N(c4ccccc4)c4ccccc4)ccc32)cc1. The van der Waals surface area contributed by atoms with Gasteiger partial charge in [-0.3, -0.25) is 0 Å². The van der Waals surface area contributed by atoms with Crippen molar-refractivity contribution in [3.8, 4) is 44.5 Å². The van der Waals surface area contributed by atoms with Crippen LogP contribution in [0.3, 0.4) is 0 Å². The molecule has 0 heterocycles. The minimum absolute atomic E-state index is 0.702. The molecule has 0 saturated carbocycles. The molecule has 4 heteroatoms. The summed E-state index contributed by atoms with van der Waals surface area (Å²) in [5, 5.41) is 9.66. The molecule has 0 fully saturated rings. The first-order valence-electron chi connectivity index (χ1n) is 36.2. The Morgan fingerprint density at radius 3 is 0.629 bits per heavy atom. The normalized spacial score (nSPS) is 12.3. The molecule has 1 spiro atoms. The molecular formula is C101H68N4. The van der Waals surface area contributed by atoms with Crippen molar-refractivity contribution in [2.75, 3.05) is 19.6 Å². The molecule has 105 heavy (non-hydrogen) atoms. The summed E-state index contributed by atoms with van der Waals surface area (Å²) < 4.78 is 0. The molecule has 2 aliphatic rings. The maximum Gasteiger partial charge on any atom is 0.0725 e. The van der Waals surface area contributed by atoms with Crippen LogP contribution in [0.5, 0.6) is 0 Å². The van der Waals surface area contributed by atoms with Crippen molar-refractivity contribution >= 4 is 111 Å². The number of nitrogens with zero attached hydrogens (tertiary/aromatic N) is 4. The maximum atomic E-state index is 2.48. The highest BCUT2D eigenvalue weighted by atomic mass is 15.2. The van der Waals surface area contributed by atoms with E-state index in [0.717, 1.165) is 90.5 Å². The van der Waals surface area contributed by atoms with Gasteiger partial charge in [0.1, 0.15) is 0 Å². The maximum absolute atomic E-state index is 2.48. The fourth-order valence-electron chi connectivity index (χ4n) is 16.8. The Morgan fingerprint density at radius 1 is 0.133 bits per heavy atom. The van der Waals surface area contributed by atoms with Crippen LogP contribution in [0.2, 0.25) is 0 Å². The summed E-state index contributed by atoms with van der Waals surface area (Å²) in [7, 11) is 0. The van der Waals surface area contributed by atoms with Crippen LogP contribution in [-0.2, 0) is 5.41 Å². The van der Waals surface area contributed by atoms with Gasteiger partial charge in [-0.25, -0.2) is 0 Å². The molecule has 0 aliphatic heterocycles. The van der Waals surface area contributed by atoms with Crippen LogP contribution in [0, 0.1) is 0 Å². The number of para-hydroxylation sites is 4. The van der Waals surface area contributed by atoms with Crippen LogP contribution in [0.25, 0.3) is 87.6 Å². The molecule has 492 valence electrons. The third-order valence-corrected chi connectivity index (χ3v) is 21.7. The van der Waals surface area contributed by atoms with Crippen LogP contribution in [0.15, 0.2) is 413 Å². The second-order valence-electron chi connectivity index (χ2n) is 27.6. The summed E-state index contributed by atoms with van der Waals surface area (Å²) >= 11 is 0. The van der Waals surface area contributed by atoms with Crippen molar-refractivity contribution in [2.45, 2.75) is 5.41 Å². The van der Waals surface area contributed by atoms with E-state index in [2.05, 4.69) is 432 Å². The first kappa shape index (κ1) is 61.1. The van der Waals surface area contributed by atoms with E-state index in [0.29, 0.717) is 0 Å². The van der Waals surface area contributed by atoms with E-state index >= 15 is 0 Å². The first-order valence-corrected chi connectivity index (χ1v) is 36.2. The molecule has 0 radical (unpaired) electrons. The van der Waals surface area contributed by atoms with Crippen molar-refractivity contribution in [2.24, 2.45) is 0 Å². The minimum Gasteiger partial charge on any atom is -0.310 e. The second kappa shape index (κ2) is 25.4. The molecule has 0 bridgehead atoms. The van der Waals surface area contributed by atoms with E-state index < -0.39 is 5.41 Å². The smallest absolute Gasteiger partial charge is 0.0725 e. The molecule has 0 aromatic heterocycles. The topological polar surface area (TPSA) is 13.0 Å². The van der Waals surface area contributed by atoms with Gasteiger partial charge in [0.25, 0.3) is 0 Å². The molecule has 18 aromatic carbocycles. The van der Waals surface area contributed by atoms with Crippen LogP contribution in [-0.4, -0.2) is 0 Å². The van der Waals surface area contributed by atoms with Crippen LogP contribution in [0.1, 0.15) is 22.3 Å². The average Bonchev–Trinajstić information content (AvgIpc) is 1.50. The molecule has 2 aliphatic carbocycles. The molecular weight excluding hydrogens is 1270 g/mol. The van der Waals surface area contributed by atoms with Crippen molar-refractivity contribution in [3.05, 3.63) is 435 Å². The number of hydrogen-bond acceptors (Lipinski definition) is 4. The number of fused-ring (bicyclic) bond motifs is 14. The lowest BCUT2D eigenvalue weighted by Crippen LogP contribution is -2.26. The second-order valence-corrected chi connectivity index (χ2v) is 27.6. The average molecular weight is 1340 g/mol. The summed E-state index contributed by atoms with van der Waals surface area (Å²) in [6.07, 6.45) is 0. The summed E-state index contributed by atoms with van der Waals surface area (Å²) in [6, 6.07) is 153. The van der Waals surface area contributed by atoms with Crippen LogP contribution >= 0.6 is 0 Å². The molecule has 0 atom stereocenters. The predicted molar refractivity (Wildman–Crippen MR) is 442 cm³/mol. The van der Waals surface area contributed by atoms with Gasteiger partial charge in [-0.05, 0) is 268 Å². The van der Waals surface area contributed by atoms with Gasteiger partial charge in [-0.15, -0.1) is 0 Å². The molecule has 0 amide bonds. The van der Waals surface area contributed by atoms with Gasteiger partial charge in [-0.1, -0.05) is 255 Å². The Labute approximate surface area is 611 Å². The largest absolute Gasteiger partial charge is 0.310 e. The summed E-state index contributed by atoms with van der Waals surface area (Å²) in [6.45, 7) is 0. The van der Waals surface area contributed by atoms with Crippen LogP contribution in [0.4, 0.5) is 68.2 Å². The standard InChI is InChI=1S/C101H68N4/c1-5-29-81(30-6-1)102(82-31-7-2-8-32-82)91-55-59-99-95(67-91)93-65-79(73-37-47-85(48-38-73)104(87-51-41-69-21-13-17-25-75(69)61-87)88-52-42-70-22-14-18-26-76(70)62-88)45-57-97(93)101(99)98-58-46-80(66-94(98)96-68-92(56-60-100(96)101)103(83-33-9-3-10-34-83)84-35-11-4-12-36-84)74-39-49-86(50-40-74)105(89-53-43-71-23-15-19-27-77(71)63-89)90-54-44-72-24-16-20-28-78(72)64-90/h1-68H. The Kier molecular flexibility index (Phi) is 14.8. The number of benzene rings is 18. The lowest BCUT2D eigenvalue weighted by Gasteiger charge is -2.32. The Bertz CT molecular complexity index is 5720. The summed E-state index contributed by atoms with van der Waals surface area (Å²) in [5.74, 6) is 0. The highest BCUT2D eigenvalue weighted by molar-refractivity contribution is 6.01. The van der Waals surface area contributed by atoms with E-state index in [9.17, 15) is 0 Å². The molecule has 20 rings (SSSR count). The molecule has 0 N–H and O–H groups in total. The van der Waals surface area contributed by atoms with Crippen LogP contribution < -0.4 is 19.6 Å². The minimum atomic E-state index is -0.702. The van der Waals surface area contributed by atoms with Gasteiger partial charge in [0.05, 0.1) is 5.41 Å². The summed E-state index contributed by atoms with van der Waals surface area (Å²) in [4.78, 5) is 9.59. The zero-order chi connectivity index (χ0) is 69.4. The van der Waals surface area contributed by atoms with Gasteiger partial charge in [0.2, 0.25) is 0 Å². The predicted octanol–water partition coefficient (Wildman–Crippen LogP) is 27.9. The van der Waals surface area contributed by atoms with Gasteiger partial charge in [-0.2, -0.15) is 0 Å². The van der Waals surface area contributed by atoms with E-state index in [1.54, 1.807) is 0 Å². The van der Waals surface area contributed by atoms with Crippen molar-refractivity contribution in [1.29, 1.82) is 0 Å². The molecule has 0 unspecified atom stereocenters. The Morgan fingerprint density at radius 2 is 0.333 bits per heavy atom. The van der Waals surface area contributed by atoms with Gasteiger partial charge in [0.15, 0.2) is 0 Å². The lowest BCUT2D eigenvalue weighted by molar-refractivity contribution is 0.794. The third-order valence-electron chi connectivity index (χ3n) is 21.7. The van der Waals surface area contributed by atoms with E-state index in [4.69, 9.17) is 0 Å². The molecule has 18 aromatic rings. The molecule has 0 saturated heterocycles. The van der Waals surface area contributed by atoms with Gasteiger partial charge < -0.3 is 19.6 Å². The van der Waals surface area contributed by atoms with E-state index in [1.807, 2.05) is 0 Å². The van der Waals surface area contributed by atoms with Crippen molar-refractivity contribution in [1.82, 2.24) is 0 Å². The van der Waals surface area contributed by atoms with E-state index in [1.165, 1.54) is 87.6 Å². The van der Waals surface area contributed by atoms with Gasteiger partial charge >= 0.3 is 0 Å². The van der Waals surface area contributed by atoms with Gasteiger partial charge in [0, 0.05) is 68.2 Å². The monoisotopic (exact) mass is 1340 g/mol. The fourth-order valence-corrected chi connectivity index (χ4v) is 16.8. The molecule has 4 nitrogen and oxygen atoms in total. The third kappa shape index (κ3) is 10.5. The van der Waals surface area contributed by atoms with E-state index in [-0.39, 0.29) is 0 Å². The lowest BCUT2D eigenvalue weighted by atomic mass is 9.70. The quantitative estimate of drug-likeness (QED) is 0.108. The number of hydrogen-bond donors (Lipinski definition) is 0. The number of anilines is 12. The zero-order valence-electron chi connectivity index (χ0n) is 57.5. The van der Waals surface area contributed by atoms with Crippen molar-refractivity contribution in [3.63, 3.8) is 0 Å². The zero-order valence-corrected chi connectivity index (χ0v) is 57.5. The Hall–Kier alpha value is -13.8. The fraction of sp³-hybridized carbons (Fsp3) is 0.00990. The summed E-state index contributed by atoms with van der Waals surface area (Å²) in [5.41, 5.74) is 26.8. The Balaban J connectivity index is 0.766. The highest BCUT2D eigenvalue weighted by Gasteiger charge is 2.52. The number of rotatable bonds is 14.